The van der Waals surface area contributed by atoms with Gasteiger partial charge in [-0.2, -0.15) is 4.31 Å². The molecule has 0 aromatic heterocycles. The molecule has 2 atom stereocenters. The van der Waals surface area contributed by atoms with Crippen LogP contribution in [0.15, 0.2) is 41.3 Å². The first-order valence-electron chi connectivity index (χ1n) is 8.90. The van der Waals surface area contributed by atoms with Crippen LogP contribution < -0.4 is 4.74 Å². The van der Waals surface area contributed by atoms with E-state index >= 15 is 0 Å². The van der Waals surface area contributed by atoms with Gasteiger partial charge in [-0.15, -0.1) is 0 Å². The van der Waals surface area contributed by atoms with Gasteiger partial charge in [0.1, 0.15) is 5.75 Å². The van der Waals surface area contributed by atoms with Crippen LogP contribution in [0.5, 0.6) is 5.75 Å². The summed E-state index contributed by atoms with van der Waals surface area (Å²) in [7, 11) is -2.12. The Bertz CT molecular complexity index is 902. The molecule has 0 spiro atoms. The summed E-state index contributed by atoms with van der Waals surface area (Å²) >= 11 is 0. The number of benzene rings is 2. The summed E-state index contributed by atoms with van der Waals surface area (Å²) < 4.78 is 33.3. The van der Waals surface area contributed by atoms with Crippen molar-refractivity contribution in [2.75, 3.05) is 20.2 Å². The first kappa shape index (κ1) is 19.1. The quantitative estimate of drug-likeness (QED) is 0.891. The largest absolute Gasteiger partial charge is 0.496 e. The van der Waals surface area contributed by atoms with E-state index in [0.717, 1.165) is 5.39 Å². The molecule has 5 nitrogen and oxygen atoms in total. The maximum absolute atomic E-state index is 13.3. The van der Waals surface area contributed by atoms with Crippen molar-refractivity contribution in [1.82, 2.24) is 4.31 Å². The minimum atomic E-state index is -3.70. The average Bonchev–Trinajstić information content (AvgIpc) is 2.59. The van der Waals surface area contributed by atoms with Gasteiger partial charge in [0.15, 0.2) is 0 Å². The molecule has 0 unspecified atom stereocenters. The van der Waals surface area contributed by atoms with Gasteiger partial charge in [-0.1, -0.05) is 45.0 Å². The number of methoxy groups -OCH3 is 1. The lowest BCUT2D eigenvalue weighted by molar-refractivity contribution is -0.00208. The van der Waals surface area contributed by atoms with Crippen LogP contribution in [0.1, 0.15) is 27.2 Å². The van der Waals surface area contributed by atoms with E-state index in [4.69, 9.17) is 4.74 Å². The zero-order valence-electron chi connectivity index (χ0n) is 15.8. The van der Waals surface area contributed by atoms with Crippen molar-refractivity contribution >= 4 is 20.8 Å². The molecule has 0 amide bonds. The highest BCUT2D eigenvalue weighted by molar-refractivity contribution is 7.89. The Morgan fingerprint density at radius 2 is 1.77 bits per heavy atom. The average molecular weight is 378 g/mol. The third-order valence-electron chi connectivity index (χ3n) is 5.34. The van der Waals surface area contributed by atoms with E-state index in [1.807, 2.05) is 18.2 Å². The number of rotatable bonds is 3. The van der Waals surface area contributed by atoms with Crippen LogP contribution in [0.25, 0.3) is 10.8 Å². The predicted octanol–water partition coefficient (Wildman–Crippen LogP) is 3.27. The van der Waals surface area contributed by atoms with Crippen LogP contribution in [-0.2, 0) is 10.0 Å². The lowest BCUT2D eigenvalue weighted by Crippen LogP contribution is -2.49. The number of hydrogen-bond donors (Lipinski definition) is 1. The van der Waals surface area contributed by atoms with Gasteiger partial charge in [-0.05, 0) is 29.9 Å². The van der Waals surface area contributed by atoms with Gasteiger partial charge in [-0.25, -0.2) is 8.42 Å². The topological polar surface area (TPSA) is 66.8 Å². The van der Waals surface area contributed by atoms with Crippen molar-refractivity contribution in [1.29, 1.82) is 0 Å². The van der Waals surface area contributed by atoms with Crippen molar-refractivity contribution in [3.05, 3.63) is 36.4 Å². The Balaban J connectivity index is 1.99. The molecule has 0 saturated carbocycles. The Hall–Kier alpha value is -1.63. The molecule has 26 heavy (non-hydrogen) atoms. The Kier molecular flexibility index (Phi) is 5.03. The van der Waals surface area contributed by atoms with Crippen LogP contribution in [0.4, 0.5) is 0 Å². The molecule has 3 rings (SSSR count). The highest BCUT2D eigenvalue weighted by atomic mass is 32.2. The minimum Gasteiger partial charge on any atom is -0.496 e. The van der Waals surface area contributed by atoms with E-state index < -0.39 is 16.1 Å². The van der Waals surface area contributed by atoms with Crippen molar-refractivity contribution in [3.63, 3.8) is 0 Å². The molecule has 1 saturated heterocycles. The minimum absolute atomic E-state index is 0.0535. The standard InChI is InChI=1S/C20H27NO4S/c1-20(2,3)16-11-12-21(13-17(16)22)26(23,24)19-10-9-18(25-4)14-7-5-6-8-15(14)19/h5-10,16-17,22H,11-13H2,1-4H3/t16-,17-/m1/s1. The smallest absolute Gasteiger partial charge is 0.243 e. The van der Waals surface area contributed by atoms with Crippen molar-refractivity contribution in [3.8, 4) is 5.75 Å². The Morgan fingerprint density at radius 3 is 2.35 bits per heavy atom. The van der Waals surface area contributed by atoms with Gasteiger partial charge < -0.3 is 9.84 Å². The molecular formula is C20H27NO4S. The highest BCUT2D eigenvalue weighted by Gasteiger charge is 2.40. The van der Waals surface area contributed by atoms with Gasteiger partial charge in [0, 0.05) is 23.9 Å². The number of hydrogen-bond acceptors (Lipinski definition) is 4. The molecule has 0 bridgehead atoms. The molecule has 1 N–H and O–H groups in total. The number of fused-ring (bicyclic) bond motifs is 1. The monoisotopic (exact) mass is 377 g/mol. The van der Waals surface area contributed by atoms with Crippen molar-refractivity contribution in [2.45, 2.75) is 38.2 Å². The Morgan fingerprint density at radius 1 is 1.12 bits per heavy atom. The summed E-state index contributed by atoms with van der Waals surface area (Å²) in [5.74, 6) is 0.729. The molecule has 142 valence electrons. The maximum atomic E-state index is 13.3. The van der Waals surface area contributed by atoms with Gasteiger partial charge in [0.05, 0.1) is 18.1 Å². The van der Waals surface area contributed by atoms with E-state index in [0.29, 0.717) is 24.1 Å². The number of piperidine rings is 1. The van der Waals surface area contributed by atoms with E-state index in [2.05, 4.69) is 20.8 Å². The van der Waals surface area contributed by atoms with Crippen LogP contribution >= 0.6 is 0 Å². The van der Waals surface area contributed by atoms with Crippen LogP contribution in [0, 0.1) is 11.3 Å². The van der Waals surface area contributed by atoms with E-state index in [9.17, 15) is 13.5 Å². The lowest BCUT2D eigenvalue weighted by atomic mass is 9.74. The van der Waals surface area contributed by atoms with Crippen LogP contribution in [0.3, 0.4) is 0 Å². The highest BCUT2D eigenvalue weighted by Crippen LogP contribution is 2.37. The van der Waals surface area contributed by atoms with Gasteiger partial charge in [0.2, 0.25) is 10.0 Å². The molecule has 1 heterocycles. The summed E-state index contributed by atoms with van der Waals surface area (Å²) in [5, 5.41) is 12.0. The van der Waals surface area contributed by atoms with E-state index in [-0.39, 0.29) is 22.8 Å². The fraction of sp³-hybridized carbons (Fsp3) is 0.500. The SMILES string of the molecule is COc1ccc(S(=O)(=O)N2CC[C@@H](C(C)(C)C)[C@H](O)C2)c2ccccc12. The van der Waals surface area contributed by atoms with E-state index in [1.54, 1.807) is 25.3 Å². The van der Waals surface area contributed by atoms with Gasteiger partial charge in [0.25, 0.3) is 0 Å². The summed E-state index contributed by atoms with van der Waals surface area (Å²) in [6, 6.07) is 10.6. The van der Waals surface area contributed by atoms with Gasteiger partial charge >= 0.3 is 0 Å². The van der Waals surface area contributed by atoms with Crippen LogP contribution in [0.2, 0.25) is 0 Å². The summed E-state index contributed by atoms with van der Waals surface area (Å²) in [5.41, 5.74) is -0.0535. The summed E-state index contributed by atoms with van der Waals surface area (Å²) in [6.07, 6.45) is -0.0131. The second kappa shape index (κ2) is 6.83. The first-order valence-corrected chi connectivity index (χ1v) is 10.3. The molecule has 0 radical (unpaired) electrons. The second-order valence-electron chi connectivity index (χ2n) is 8.00. The van der Waals surface area contributed by atoms with Crippen molar-refractivity contribution in [2.24, 2.45) is 11.3 Å². The second-order valence-corrected chi connectivity index (χ2v) is 9.91. The number of β-amino-alcohol motifs (C(OH)–C–C–N with tert-alkyl or cyclic N) is 1. The molecule has 2 aromatic carbocycles. The first-order chi connectivity index (χ1) is 12.2. The lowest BCUT2D eigenvalue weighted by Gasteiger charge is -2.41. The zero-order chi connectivity index (χ0) is 19.1. The molecule has 1 aliphatic heterocycles. The van der Waals surface area contributed by atoms with Crippen LogP contribution in [-0.4, -0.2) is 44.1 Å². The predicted molar refractivity (Wildman–Crippen MR) is 103 cm³/mol. The molecule has 0 aliphatic carbocycles. The Labute approximate surface area is 155 Å². The fourth-order valence-electron chi connectivity index (χ4n) is 3.92. The summed E-state index contributed by atoms with van der Waals surface area (Å²) in [4.78, 5) is 0.260. The van der Waals surface area contributed by atoms with Crippen molar-refractivity contribution < 1.29 is 18.3 Å². The number of ether oxygens (including phenoxy) is 1. The molecule has 6 heteroatoms. The molecule has 1 aliphatic rings. The fourth-order valence-corrected chi connectivity index (χ4v) is 5.59. The molecule has 1 fully saturated rings. The normalized spacial score (nSPS) is 22.5. The molecule has 2 aromatic rings. The third-order valence-corrected chi connectivity index (χ3v) is 7.26. The maximum Gasteiger partial charge on any atom is 0.243 e. The van der Waals surface area contributed by atoms with E-state index in [1.165, 1.54) is 4.31 Å². The number of aliphatic hydroxyl groups excluding tert-OH is 1. The zero-order valence-corrected chi connectivity index (χ0v) is 16.6. The van der Waals surface area contributed by atoms with Gasteiger partial charge in [-0.3, -0.25) is 0 Å². The third kappa shape index (κ3) is 3.33. The number of aliphatic hydroxyl groups is 1. The number of sulfonamides is 1. The summed E-state index contributed by atoms with van der Waals surface area (Å²) in [6.45, 7) is 6.80. The number of nitrogens with zero attached hydrogens (tertiary/aromatic N) is 1. The molecular weight excluding hydrogens is 350 g/mol.